The molecule has 1 aliphatic carbocycles. The van der Waals surface area contributed by atoms with Crippen molar-refractivity contribution in [2.75, 3.05) is 20.2 Å². The van der Waals surface area contributed by atoms with Crippen molar-refractivity contribution >= 4 is 10.0 Å². The SMILES string of the molecule is COC1CCN(S(=O)(=O)c2ccc(C3CCCCC3)cc2)C(CN)C1. The van der Waals surface area contributed by atoms with Crippen LogP contribution < -0.4 is 5.73 Å². The lowest BCUT2D eigenvalue weighted by molar-refractivity contribution is 0.0401. The van der Waals surface area contributed by atoms with E-state index in [4.69, 9.17) is 10.5 Å². The molecule has 6 heteroatoms. The largest absolute Gasteiger partial charge is 0.381 e. The third-order valence-corrected chi connectivity index (χ3v) is 7.75. The van der Waals surface area contributed by atoms with Gasteiger partial charge < -0.3 is 10.5 Å². The number of rotatable bonds is 5. The van der Waals surface area contributed by atoms with Gasteiger partial charge in [-0.2, -0.15) is 4.31 Å². The van der Waals surface area contributed by atoms with Gasteiger partial charge in [-0.1, -0.05) is 31.4 Å². The molecular formula is C19H30N2O3S. The number of sulfonamides is 1. The lowest BCUT2D eigenvalue weighted by atomic mass is 9.84. The number of nitrogens with two attached hydrogens (primary N) is 1. The Morgan fingerprint density at radius 3 is 2.40 bits per heavy atom. The van der Waals surface area contributed by atoms with Crippen molar-refractivity contribution in [1.82, 2.24) is 4.31 Å². The quantitative estimate of drug-likeness (QED) is 0.870. The molecule has 1 aromatic carbocycles. The van der Waals surface area contributed by atoms with Crippen LogP contribution in [0, 0.1) is 0 Å². The fourth-order valence-corrected chi connectivity index (χ4v) is 5.88. The molecular weight excluding hydrogens is 336 g/mol. The minimum absolute atomic E-state index is 0.0914. The van der Waals surface area contributed by atoms with E-state index in [1.165, 1.54) is 37.7 Å². The fraction of sp³-hybridized carbons (Fsp3) is 0.684. The van der Waals surface area contributed by atoms with E-state index >= 15 is 0 Å². The molecule has 140 valence electrons. The van der Waals surface area contributed by atoms with Crippen LogP contribution in [0.25, 0.3) is 0 Å². The third-order valence-electron chi connectivity index (χ3n) is 5.78. The van der Waals surface area contributed by atoms with Gasteiger partial charge in [0.1, 0.15) is 0 Å². The van der Waals surface area contributed by atoms with Gasteiger partial charge in [-0.15, -0.1) is 0 Å². The van der Waals surface area contributed by atoms with Crippen molar-refractivity contribution in [2.24, 2.45) is 5.73 Å². The first kappa shape index (κ1) is 18.8. The maximum absolute atomic E-state index is 13.1. The highest BCUT2D eigenvalue weighted by molar-refractivity contribution is 7.89. The highest BCUT2D eigenvalue weighted by Gasteiger charge is 2.36. The summed E-state index contributed by atoms with van der Waals surface area (Å²) < 4.78 is 33.1. The molecule has 0 aromatic heterocycles. The van der Waals surface area contributed by atoms with Gasteiger partial charge in [0.15, 0.2) is 0 Å². The molecule has 0 spiro atoms. The Labute approximate surface area is 151 Å². The molecule has 3 rings (SSSR count). The van der Waals surface area contributed by atoms with E-state index < -0.39 is 10.0 Å². The van der Waals surface area contributed by atoms with Gasteiger partial charge >= 0.3 is 0 Å². The van der Waals surface area contributed by atoms with Crippen LogP contribution in [0.2, 0.25) is 0 Å². The van der Waals surface area contributed by atoms with Gasteiger partial charge in [-0.3, -0.25) is 0 Å². The van der Waals surface area contributed by atoms with Gasteiger partial charge in [-0.25, -0.2) is 8.42 Å². The number of ether oxygens (including phenoxy) is 1. The highest BCUT2D eigenvalue weighted by atomic mass is 32.2. The number of benzene rings is 1. The van der Waals surface area contributed by atoms with Crippen LogP contribution in [0.4, 0.5) is 0 Å². The summed E-state index contributed by atoms with van der Waals surface area (Å²) in [6.45, 7) is 0.784. The van der Waals surface area contributed by atoms with Gasteiger partial charge in [0.05, 0.1) is 11.0 Å². The summed E-state index contributed by atoms with van der Waals surface area (Å²) in [5, 5.41) is 0. The van der Waals surface area contributed by atoms with E-state index in [0.717, 1.165) is 0 Å². The Balaban J connectivity index is 1.77. The number of hydrogen-bond acceptors (Lipinski definition) is 4. The van der Waals surface area contributed by atoms with Crippen molar-refractivity contribution in [3.05, 3.63) is 29.8 Å². The van der Waals surface area contributed by atoms with Crippen LogP contribution >= 0.6 is 0 Å². The monoisotopic (exact) mass is 366 g/mol. The lowest BCUT2D eigenvalue weighted by Gasteiger charge is -2.37. The van der Waals surface area contributed by atoms with Crippen molar-refractivity contribution in [3.8, 4) is 0 Å². The summed E-state index contributed by atoms with van der Waals surface area (Å²) in [5.74, 6) is 0.583. The van der Waals surface area contributed by atoms with Gasteiger partial charge in [-0.05, 0) is 49.3 Å². The molecule has 2 fully saturated rings. The van der Waals surface area contributed by atoms with E-state index in [0.29, 0.717) is 36.7 Å². The molecule has 0 bridgehead atoms. The Kier molecular flexibility index (Phi) is 6.15. The predicted molar refractivity (Wildman–Crippen MR) is 99.0 cm³/mol. The molecule has 0 amide bonds. The smallest absolute Gasteiger partial charge is 0.243 e. The second kappa shape index (κ2) is 8.16. The van der Waals surface area contributed by atoms with Crippen LogP contribution in [-0.4, -0.2) is 45.1 Å². The van der Waals surface area contributed by atoms with E-state index in [2.05, 4.69) is 0 Å². The Hall–Kier alpha value is -0.950. The zero-order valence-corrected chi connectivity index (χ0v) is 15.9. The average Bonchev–Trinajstić information content (AvgIpc) is 2.68. The van der Waals surface area contributed by atoms with Crippen molar-refractivity contribution in [3.63, 3.8) is 0 Å². The molecule has 1 heterocycles. The van der Waals surface area contributed by atoms with Gasteiger partial charge in [0.25, 0.3) is 0 Å². The summed E-state index contributed by atoms with van der Waals surface area (Å²) in [5.41, 5.74) is 7.12. The summed E-state index contributed by atoms with van der Waals surface area (Å²) >= 11 is 0. The molecule has 1 aromatic rings. The molecule has 1 saturated carbocycles. The Morgan fingerprint density at radius 1 is 1.12 bits per heavy atom. The summed E-state index contributed by atoms with van der Waals surface area (Å²) in [6.07, 6.45) is 7.76. The molecule has 25 heavy (non-hydrogen) atoms. The second-order valence-corrected chi connectivity index (χ2v) is 9.18. The van der Waals surface area contributed by atoms with Crippen LogP contribution in [-0.2, 0) is 14.8 Å². The minimum atomic E-state index is -3.50. The molecule has 0 radical (unpaired) electrons. The molecule has 5 nitrogen and oxygen atoms in total. The first-order valence-electron chi connectivity index (χ1n) is 9.41. The third kappa shape index (κ3) is 4.08. The van der Waals surface area contributed by atoms with Gasteiger partial charge in [0.2, 0.25) is 10.0 Å². The fourth-order valence-electron chi connectivity index (χ4n) is 4.22. The number of hydrogen-bond donors (Lipinski definition) is 1. The lowest BCUT2D eigenvalue weighted by Crippen LogP contribution is -2.51. The van der Waals surface area contributed by atoms with E-state index in [1.807, 2.05) is 12.1 Å². The van der Waals surface area contributed by atoms with Crippen LogP contribution in [0.1, 0.15) is 56.4 Å². The minimum Gasteiger partial charge on any atom is -0.381 e. The summed E-state index contributed by atoms with van der Waals surface area (Å²) in [6, 6.07) is 7.36. The molecule has 2 atom stereocenters. The second-order valence-electron chi connectivity index (χ2n) is 7.29. The zero-order chi connectivity index (χ0) is 17.9. The van der Waals surface area contributed by atoms with Crippen molar-refractivity contribution in [2.45, 2.75) is 67.9 Å². The topological polar surface area (TPSA) is 72.6 Å². The van der Waals surface area contributed by atoms with Crippen LogP contribution in [0.5, 0.6) is 0 Å². The van der Waals surface area contributed by atoms with Crippen molar-refractivity contribution in [1.29, 1.82) is 0 Å². The molecule has 2 N–H and O–H groups in total. The highest BCUT2D eigenvalue weighted by Crippen LogP contribution is 2.33. The summed E-state index contributed by atoms with van der Waals surface area (Å²) in [4.78, 5) is 0.376. The Bertz CT molecular complexity index is 654. The average molecular weight is 367 g/mol. The Morgan fingerprint density at radius 2 is 1.80 bits per heavy atom. The molecule has 2 unspecified atom stereocenters. The van der Waals surface area contributed by atoms with E-state index in [-0.39, 0.29) is 12.1 Å². The molecule has 2 aliphatic rings. The molecule has 1 saturated heterocycles. The number of methoxy groups -OCH3 is 1. The van der Waals surface area contributed by atoms with E-state index in [9.17, 15) is 8.42 Å². The normalized spacial score (nSPS) is 26.6. The number of piperidine rings is 1. The maximum Gasteiger partial charge on any atom is 0.243 e. The van der Waals surface area contributed by atoms with Crippen LogP contribution in [0.3, 0.4) is 0 Å². The molecule has 1 aliphatic heterocycles. The van der Waals surface area contributed by atoms with Crippen molar-refractivity contribution < 1.29 is 13.2 Å². The number of nitrogens with zero attached hydrogens (tertiary/aromatic N) is 1. The zero-order valence-electron chi connectivity index (χ0n) is 15.1. The standard InChI is InChI=1S/C19H30N2O3S/c1-24-18-11-12-21(17(13-18)14-20)25(22,23)19-9-7-16(8-10-19)15-5-3-2-4-6-15/h7-10,15,17-18H,2-6,11-14,20H2,1H3. The van der Waals surface area contributed by atoms with Crippen LogP contribution in [0.15, 0.2) is 29.2 Å². The maximum atomic E-state index is 13.1. The summed E-state index contributed by atoms with van der Waals surface area (Å²) in [7, 11) is -1.83. The first-order chi connectivity index (χ1) is 12.1. The van der Waals surface area contributed by atoms with Gasteiger partial charge in [0, 0.05) is 26.2 Å². The van der Waals surface area contributed by atoms with E-state index in [1.54, 1.807) is 23.5 Å². The predicted octanol–water partition coefficient (Wildman–Crippen LogP) is 2.86. The first-order valence-corrected chi connectivity index (χ1v) is 10.8.